The second-order valence-electron chi connectivity index (χ2n) is 3.82. The highest BCUT2D eigenvalue weighted by atomic mass is 79.9. The lowest BCUT2D eigenvalue weighted by Gasteiger charge is -2.15. The van der Waals surface area contributed by atoms with Gasteiger partial charge in [-0.15, -0.1) is 0 Å². The van der Waals surface area contributed by atoms with Crippen molar-refractivity contribution >= 4 is 26.3 Å². The van der Waals surface area contributed by atoms with E-state index in [0.29, 0.717) is 6.42 Å². The van der Waals surface area contributed by atoms with Crippen molar-refractivity contribution in [2.24, 2.45) is 0 Å². The number of fused-ring (bicyclic) bond motifs is 1. The zero-order chi connectivity index (χ0) is 11.5. The zero-order valence-electron chi connectivity index (χ0n) is 9.24. The molecule has 0 fully saturated rings. The van der Waals surface area contributed by atoms with Gasteiger partial charge in [0.25, 0.3) is 0 Å². The summed E-state index contributed by atoms with van der Waals surface area (Å²) in [7, 11) is 0. The Morgan fingerprint density at radius 2 is 2.19 bits per heavy atom. The molecule has 0 radical (unpaired) electrons. The fraction of sp³-hybridized carbons (Fsp3) is 0.308. The van der Waals surface area contributed by atoms with E-state index in [2.05, 4.69) is 28.1 Å². The standard InChI is InChI=1S/C13H14BrNO/c1-2-13(16)15-8-7-10-5-3-4-6-11(10)12(14)9-15/h3-6,9H,2,7-8H2,1H3. The molecule has 1 aliphatic heterocycles. The first-order chi connectivity index (χ1) is 7.72. The minimum atomic E-state index is 0.171. The summed E-state index contributed by atoms with van der Waals surface area (Å²) in [4.78, 5) is 13.5. The summed E-state index contributed by atoms with van der Waals surface area (Å²) in [6.07, 6.45) is 3.36. The van der Waals surface area contributed by atoms with Crippen LogP contribution in [0.3, 0.4) is 0 Å². The first-order valence-corrected chi connectivity index (χ1v) is 6.26. The Morgan fingerprint density at radius 1 is 1.44 bits per heavy atom. The maximum absolute atomic E-state index is 11.7. The van der Waals surface area contributed by atoms with E-state index in [1.165, 1.54) is 11.1 Å². The summed E-state index contributed by atoms with van der Waals surface area (Å²) in [5.41, 5.74) is 2.48. The van der Waals surface area contributed by atoms with Crippen LogP contribution in [-0.2, 0) is 11.2 Å². The van der Waals surface area contributed by atoms with Gasteiger partial charge in [0.2, 0.25) is 5.91 Å². The van der Waals surface area contributed by atoms with Crippen LogP contribution in [0.5, 0.6) is 0 Å². The Balaban J connectivity index is 2.34. The largest absolute Gasteiger partial charge is 0.318 e. The van der Waals surface area contributed by atoms with Crippen LogP contribution in [-0.4, -0.2) is 17.4 Å². The average molecular weight is 280 g/mol. The lowest BCUT2D eigenvalue weighted by atomic mass is 10.1. The Bertz CT molecular complexity index is 439. The number of halogens is 1. The lowest BCUT2D eigenvalue weighted by molar-refractivity contribution is -0.128. The monoisotopic (exact) mass is 279 g/mol. The van der Waals surface area contributed by atoms with Gasteiger partial charge in [-0.2, -0.15) is 0 Å². The Hall–Kier alpha value is -1.09. The summed E-state index contributed by atoms with van der Waals surface area (Å²) in [6, 6.07) is 8.25. The van der Waals surface area contributed by atoms with Gasteiger partial charge >= 0.3 is 0 Å². The second kappa shape index (κ2) is 4.83. The fourth-order valence-electron chi connectivity index (χ4n) is 1.88. The maximum Gasteiger partial charge on any atom is 0.226 e. The molecule has 2 nitrogen and oxygen atoms in total. The third-order valence-electron chi connectivity index (χ3n) is 2.79. The van der Waals surface area contributed by atoms with Gasteiger partial charge in [0, 0.05) is 23.6 Å². The highest BCUT2D eigenvalue weighted by Gasteiger charge is 2.16. The summed E-state index contributed by atoms with van der Waals surface area (Å²) in [6.45, 7) is 2.65. The van der Waals surface area contributed by atoms with E-state index in [1.807, 2.05) is 25.3 Å². The molecule has 0 aliphatic carbocycles. The topological polar surface area (TPSA) is 20.3 Å². The van der Waals surface area contributed by atoms with Crippen molar-refractivity contribution in [3.63, 3.8) is 0 Å². The smallest absolute Gasteiger partial charge is 0.226 e. The fourth-order valence-corrected chi connectivity index (χ4v) is 2.52. The van der Waals surface area contributed by atoms with Crippen molar-refractivity contribution in [1.29, 1.82) is 0 Å². The molecule has 0 atom stereocenters. The SMILES string of the molecule is CCC(=O)N1C=C(Br)c2ccccc2CC1. The number of nitrogens with zero attached hydrogens (tertiary/aromatic N) is 1. The molecule has 2 rings (SSSR count). The number of carbonyl (C=O) groups is 1. The van der Waals surface area contributed by atoms with Gasteiger partial charge in [0.05, 0.1) is 0 Å². The highest BCUT2D eigenvalue weighted by molar-refractivity contribution is 9.15. The van der Waals surface area contributed by atoms with Gasteiger partial charge in [0.15, 0.2) is 0 Å². The van der Waals surface area contributed by atoms with Crippen LogP contribution >= 0.6 is 15.9 Å². The van der Waals surface area contributed by atoms with E-state index < -0.39 is 0 Å². The average Bonchev–Trinajstić information content (AvgIpc) is 2.49. The number of hydrogen-bond acceptors (Lipinski definition) is 1. The number of rotatable bonds is 1. The minimum Gasteiger partial charge on any atom is -0.318 e. The third kappa shape index (κ3) is 2.19. The summed E-state index contributed by atoms with van der Waals surface area (Å²) < 4.78 is 0.988. The van der Waals surface area contributed by atoms with Crippen LogP contribution in [0.2, 0.25) is 0 Å². The van der Waals surface area contributed by atoms with Crippen LogP contribution in [0.15, 0.2) is 30.5 Å². The van der Waals surface area contributed by atoms with Crippen LogP contribution in [0.4, 0.5) is 0 Å². The summed E-state index contributed by atoms with van der Waals surface area (Å²) in [5, 5.41) is 0. The number of carbonyl (C=O) groups excluding carboxylic acids is 1. The van der Waals surface area contributed by atoms with Crippen molar-refractivity contribution in [2.75, 3.05) is 6.54 Å². The number of amides is 1. The van der Waals surface area contributed by atoms with E-state index >= 15 is 0 Å². The van der Waals surface area contributed by atoms with Gasteiger partial charge in [-0.3, -0.25) is 4.79 Å². The van der Waals surface area contributed by atoms with Crippen LogP contribution in [0, 0.1) is 0 Å². The van der Waals surface area contributed by atoms with Crippen LogP contribution in [0.25, 0.3) is 4.48 Å². The molecule has 1 aromatic rings. The van der Waals surface area contributed by atoms with Crippen molar-refractivity contribution in [2.45, 2.75) is 19.8 Å². The van der Waals surface area contributed by atoms with Crippen LogP contribution in [0.1, 0.15) is 24.5 Å². The van der Waals surface area contributed by atoms with Crippen molar-refractivity contribution in [3.8, 4) is 0 Å². The lowest BCUT2D eigenvalue weighted by Crippen LogP contribution is -2.26. The first-order valence-electron chi connectivity index (χ1n) is 5.47. The predicted molar refractivity (Wildman–Crippen MR) is 69.1 cm³/mol. The maximum atomic E-state index is 11.7. The van der Waals surface area contributed by atoms with Crippen molar-refractivity contribution in [1.82, 2.24) is 4.90 Å². The minimum absolute atomic E-state index is 0.171. The van der Waals surface area contributed by atoms with Crippen LogP contribution < -0.4 is 0 Å². The molecule has 0 bridgehead atoms. The highest BCUT2D eigenvalue weighted by Crippen LogP contribution is 2.28. The summed E-state index contributed by atoms with van der Waals surface area (Å²) in [5.74, 6) is 0.171. The molecule has 16 heavy (non-hydrogen) atoms. The van der Waals surface area contributed by atoms with E-state index in [0.717, 1.165) is 17.4 Å². The van der Waals surface area contributed by atoms with E-state index in [9.17, 15) is 4.79 Å². The molecular weight excluding hydrogens is 266 g/mol. The molecule has 0 aromatic heterocycles. The molecule has 0 spiro atoms. The Morgan fingerprint density at radius 3 is 2.94 bits per heavy atom. The van der Waals surface area contributed by atoms with E-state index in [4.69, 9.17) is 0 Å². The van der Waals surface area contributed by atoms with Gasteiger partial charge in [-0.25, -0.2) is 0 Å². The van der Waals surface area contributed by atoms with Crippen molar-refractivity contribution < 1.29 is 4.79 Å². The second-order valence-corrected chi connectivity index (χ2v) is 4.68. The van der Waals surface area contributed by atoms with Gasteiger partial charge in [-0.05, 0) is 33.5 Å². The summed E-state index contributed by atoms with van der Waals surface area (Å²) >= 11 is 3.54. The molecule has 1 amide bonds. The normalized spacial score (nSPS) is 15.1. The number of hydrogen-bond donors (Lipinski definition) is 0. The number of benzene rings is 1. The van der Waals surface area contributed by atoms with Crippen molar-refractivity contribution in [3.05, 3.63) is 41.6 Å². The molecule has 3 heteroatoms. The van der Waals surface area contributed by atoms with E-state index in [1.54, 1.807) is 4.90 Å². The molecule has 0 N–H and O–H groups in total. The third-order valence-corrected chi connectivity index (χ3v) is 3.42. The first kappa shape index (κ1) is 11.4. The van der Waals surface area contributed by atoms with Gasteiger partial charge < -0.3 is 4.90 Å². The molecular formula is C13H14BrNO. The molecule has 1 aromatic carbocycles. The Labute approximate surface area is 104 Å². The molecule has 0 saturated carbocycles. The van der Waals surface area contributed by atoms with E-state index in [-0.39, 0.29) is 5.91 Å². The Kier molecular flexibility index (Phi) is 3.44. The molecule has 1 aliphatic rings. The molecule has 0 saturated heterocycles. The zero-order valence-corrected chi connectivity index (χ0v) is 10.8. The quantitative estimate of drug-likeness (QED) is 0.773. The van der Waals surface area contributed by atoms with Gasteiger partial charge in [-0.1, -0.05) is 31.2 Å². The molecule has 1 heterocycles. The molecule has 0 unspecified atom stereocenters. The molecule has 84 valence electrons. The predicted octanol–water partition coefficient (Wildman–Crippen LogP) is 3.17. The van der Waals surface area contributed by atoms with Gasteiger partial charge in [0.1, 0.15) is 0 Å².